The van der Waals surface area contributed by atoms with Crippen molar-refractivity contribution in [1.82, 2.24) is 19.9 Å². The molecule has 0 amide bonds. The van der Waals surface area contributed by atoms with Crippen molar-refractivity contribution < 1.29 is 13.2 Å². The van der Waals surface area contributed by atoms with Crippen LogP contribution >= 0.6 is 0 Å². The van der Waals surface area contributed by atoms with E-state index in [-0.39, 0.29) is 18.3 Å². The fourth-order valence-electron chi connectivity index (χ4n) is 1.40. The van der Waals surface area contributed by atoms with Gasteiger partial charge < -0.3 is 10.6 Å². The summed E-state index contributed by atoms with van der Waals surface area (Å²) in [6, 6.07) is 2.50. The zero-order valence-electron chi connectivity index (χ0n) is 10.4. The lowest BCUT2D eigenvalue weighted by atomic mass is 10.3. The lowest BCUT2D eigenvalue weighted by Gasteiger charge is -2.11. The van der Waals surface area contributed by atoms with E-state index in [0.29, 0.717) is 5.69 Å². The van der Waals surface area contributed by atoms with E-state index >= 15 is 0 Å². The van der Waals surface area contributed by atoms with Gasteiger partial charge in [0.05, 0.1) is 12.2 Å². The van der Waals surface area contributed by atoms with E-state index in [2.05, 4.69) is 30.6 Å². The first-order valence-corrected chi connectivity index (χ1v) is 5.62. The Bertz CT molecular complexity index is 572. The zero-order chi connectivity index (χ0) is 14.6. The molecule has 0 radical (unpaired) electrons. The molecular weight excluding hydrogens is 273 g/mol. The summed E-state index contributed by atoms with van der Waals surface area (Å²) < 4.78 is 38.0. The Hall–Kier alpha value is -2.45. The Balaban J connectivity index is 2.19. The number of halogens is 3. The van der Waals surface area contributed by atoms with E-state index in [1.807, 2.05) is 0 Å². The molecule has 0 atom stereocenters. The molecule has 0 aliphatic carbocycles. The molecule has 106 valence electrons. The van der Waals surface area contributed by atoms with Gasteiger partial charge in [-0.05, 0) is 6.07 Å². The number of aromatic nitrogens is 4. The quantitative estimate of drug-likeness (QED) is 0.893. The van der Waals surface area contributed by atoms with Crippen LogP contribution in [0.25, 0.3) is 0 Å². The summed E-state index contributed by atoms with van der Waals surface area (Å²) in [6.45, 7) is 0.236. The van der Waals surface area contributed by atoms with Crippen LogP contribution in [0.1, 0.15) is 11.4 Å². The number of rotatable bonds is 4. The predicted octanol–water partition coefficient (Wildman–Crippen LogP) is 1.94. The number of nitrogens with one attached hydrogen (secondary N) is 2. The molecular formula is C11H11F3N6. The highest BCUT2D eigenvalue weighted by molar-refractivity contribution is 5.43. The second kappa shape index (κ2) is 5.68. The van der Waals surface area contributed by atoms with Crippen molar-refractivity contribution in [2.75, 3.05) is 17.7 Å². The molecule has 0 saturated heterocycles. The lowest BCUT2D eigenvalue weighted by molar-refractivity contribution is -0.141. The third-order valence-corrected chi connectivity index (χ3v) is 2.33. The van der Waals surface area contributed by atoms with Gasteiger partial charge >= 0.3 is 6.18 Å². The SMILES string of the molecule is CNc1nc(NCc2ccncn2)cc(C(F)(F)F)n1. The van der Waals surface area contributed by atoms with Crippen molar-refractivity contribution in [1.29, 1.82) is 0 Å². The topological polar surface area (TPSA) is 75.6 Å². The lowest BCUT2D eigenvalue weighted by Crippen LogP contribution is -2.13. The van der Waals surface area contributed by atoms with Crippen LogP contribution in [0.15, 0.2) is 24.7 Å². The van der Waals surface area contributed by atoms with E-state index < -0.39 is 11.9 Å². The minimum Gasteiger partial charge on any atom is -0.364 e. The maximum Gasteiger partial charge on any atom is 0.433 e. The van der Waals surface area contributed by atoms with Crippen LogP contribution in [0.2, 0.25) is 0 Å². The highest BCUT2D eigenvalue weighted by atomic mass is 19.4. The molecule has 0 unspecified atom stereocenters. The van der Waals surface area contributed by atoms with Gasteiger partial charge in [-0.1, -0.05) is 0 Å². The van der Waals surface area contributed by atoms with Gasteiger partial charge in [0.15, 0.2) is 5.69 Å². The van der Waals surface area contributed by atoms with E-state index in [0.717, 1.165) is 6.07 Å². The monoisotopic (exact) mass is 284 g/mol. The molecule has 0 aromatic carbocycles. The van der Waals surface area contributed by atoms with Crippen molar-refractivity contribution in [3.05, 3.63) is 36.0 Å². The normalized spacial score (nSPS) is 11.2. The summed E-state index contributed by atoms with van der Waals surface area (Å²) in [4.78, 5) is 15.0. The van der Waals surface area contributed by atoms with Crippen LogP contribution in [0, 0.1) is 0 Å². The van der Waals surface area contributed by atoms with Gasteiger partial charge in [0.1, 0.15) is 12.1 Å². The highest BCUT2D eigenvalue weighted by Crippen LogP contribution is 2.29. The summed E-state index contributed by atoms with van der Waals surface area (Å²) in [7, 11) is 1.45. The molecule has 2 heterocycles. The maximum absolute atomic E-state index is 12.7. The summed E-state index contributed by atoms with van der Waals surface area (Å²) in [5, 5.41) is 5.26. The minimum atomic E-state index is -4.53. The van der Waals surface area contributed by atoms with Gasteiger partial charge in [0, 0.05) is 19.3 Å². The molecule has 0 aliphatic heterocycles. The fraction of sp³-hybridized carbons (Fsp3) is 0.273. The molecule has 2 rings (SSSR count). The molecule has 6 nitrogen and oxygen atoms in total. The van der Waals surface area contributed by atoms with Crippen molar-refractivity contribution in [2.24, 2.45) is 0 Å². The maximum atomic E-state index is 12.7. The first kappa shape index (κ1) is 14.0. The summed E-state index contributed by atoms with van der Waals surface area (Å²) >= 11 is 0. The van der Waals surface area contributed by atoms with Gasteiger partial charge in [-0.2, -0.15) is 18.2 Å². The molecule has 2 aromatic rings. The van der Waals surface area contributed by atoms with Crippen LogP contribution in [0.4, 0.5) is 24.9 Å². The average Bonchev–Trinajstić information content (AvgIpc) is 2.45. The number of alkyl halides is 3. The van der Waals surface area contributed by atoms with E-state index in [4.69, 9.17) is 0 Å². The summed E-state index contributed by atoms with van der Waals surface area (Å²) in [5.74, 6) is -0.0414. The summed E-state index contributed by atoms with van der Waals surface area (Å²) in [5.41, 5.74) is -0.375. The first-order chi connectivity index (χ1) is 9.49. The van der Waals surface area contributed by atoms with Crippen molar-refractivity contribution >= 4 is 11.8 Å². The van der Waals surface area contributed by atoms with Gasteiger partial charge in [0.25, 0.3) is 0 Å². The number of hydrogen-bond acceptors (Lipinski definition) is 6. The standard InChI is InChI=1S/C11H11F3N6/c1-15-10-19-8(11(12,13)14)4-9(20-10)17-5-7-2-3-16-6-18-7/h2-4,6H,5H2,1H3,(H2,15,17,19,20). The number of nitrogens with zero attached hydrogens (tertiary/aromatic N) is 4. The smallest absolute Gasteiger partial charge is 0.364 e. The molecule has 0 aliphatic rings. The largest absolute Gasteiger partial charge is 0.433 e. The third kappa shape index (κ3) is 3.53. The number of anilines is 2. The van der Waals surface area contributed by atoms with Crippen molar-refractivity contribution in [3.8, 4) is 0 Å². The highest BCUT2D eigenvalue weighted by Gasteiger charge is 2.33. The Labute approximate surface area is 112 Å². The third-order valence-electron chi connectivity index (χ3n) is 2.33. The molecule has 9 heteroatoms. The first-order valence-electron chi connectivity index (χ1n) is 5.62. The molecule has 0 saturated carbocycles. The van der Waals surface area contributed by atoms with E-state index in [9.17, 15) is 13.2 Å². The second-order valence-electron chi connectivity index (χ2n) is 3.76. The Morgan fingerprint density at radius 2 is 2.05 bits per heavy atom. The minimum absolute atomic E-state index is 0.0651. The van der Waals surface area contributed by atoms with Crippen LogP contribution < -0.4 is 10.6 Å². The van der Waals surface area contributed by atoms with Crippen molar-refractivity contribution in [3.63, 3.8) is 0 Å². The second-order valence-corrected chi connectivity index (χ2v) is 3.76. The molecule has 0 fully saturated rings. The van der Waals surface area contributed by atoms with Crippen LogP contribution in [0.3, 0.4) is 0 Å². The van der Waals surface area contributed by atoms with Crippen LogP contribution in [-0.4, -0.2) is 27.0 Å². The van der Waals surface area contributed by atoms with E-state index in [1.54, 1.807) is 12.3 Å². The van der Waals surface area contributed by atoms with Gasteiger partial charge in [0.2, 0.25) is 5.95 Å². The van der Waals surface area contributed by atoms with E-state index in [1.165, 1.54) is 13.4 Å². The molecule has 2 N–H and O–H groups in total. The zero-order valence-corrected chi connectivity index (χ0v) is 10.4. The Kier molecular flexibility index (Phi) is 3.97. The van der Waals surface area contributed by atoms with Gasteiger partial charge in [-0.15, -0.1) is 0 Å². The summed E-state index contributed by atoms with van der Waals surface area (Å²) in [6.07, 6.45) is -1.62. The number of hydrogen-bond donors (Lipinski definition) is 2. The van der Waals surface area contributed by atoms with Crippen LogP contribution in [0.5, 0.6) is 0 Å². The molecule has 0 spiro atoms. The average molecular weight is 284 g/mol. The molecule has 20 heavy (non-hydrogen) atoms. The van der Waals surface area contributed by atoms with Gasteiger partial charge in [-0.25, -0.2) is 15.0 Å². The Morgan fingerprint density at radius 3 is 2.65 bits per heavy atom. The fourth-order valence-corrected chi connectivity index (χ4v) is 1.40. The van der Waals surface area contributed by atoms with Crippen LogP contribution in [-0.2, 0) is 12.7 Å². The molecule has 2 aromatic heterocycles. The Morgan fingerprint density at radius 1 is 1.25 bits per heavy atom. The molecule has 0 bridgehead atoms. The predicted molar refractivity (Wildman–Crippen MR) is 65.9 cm³/mol. The van der Waals surface area contributed by atoms with Gasteiger partial charge in [-0.3, -0.25) is 0 Å². The van der Waals surface area contributed by atoms with Crippen molar-refractivity contribution in [2.45, 2.75) is 12.7 Å².